The highest BCUT2D eigenvalue weighted by molar-refractivity contribution is 6.29. The van der Waals surface area contributed by atoms with Crippen molar-refractivity contribution in [3.05, 3.63) is 39.9 Å². The van der Waals surface area contributed by atoms with E-state index in [9.17, 15) is 19.7 Å². The molecule has 7 nitrogen and oxygen atoms in total. The van der Waals surface area contributed by atoms with Crippen molar-refractivity contribution in [1.29, 1.82) is 0 Å². The van der Waals surface area contributed by atoms with Gasteiger partial charge in [-0.3, -0.25) is 10.1 Å². The number of carbonyl (C=O) groups excluding carboxylic acids is 2. The summed E-state index contributed by atoms with van der Waals surface area (Å²) >= 11 is 0. The molecule has 1 aromatic carbocycles. The van der Waals surface area contributed by atoms with Crippen LogP contribution in [0.4, 0.5) is 5.69 Å². The summed E-state index contributed by atoms with van der Waals surface area (Å²) in [5.74, 6) is -2.17. The molecule has 0 heterocycles. The van der Waals surface area contributed by atoms with Crippen molar-refractivity contribution in [3.63, 3.8) is 0 Å². The van der Waals surface area contributed by atoms with E-state index in [2.05, 4.69) is 0 Å². The van der Waals surface area contributed by atoms with Crippen LogP contribution in [0.1, 0.15) is 26.3 Å². The van der Waals surface area contributed by atoms with Crippen molar-refractivity contribution in [2.24, 2.45) is 0 Å². The fourth-order valence-electron chi connectivity index (χ4n) is 1.24. The smallest absolute Gasteiger partial charge is 0.418 e. The molecule has 0 spiro atoms. The third-order valence-electron chi connectivity index (χ3n) is 2.08. The molecular weight excluding hydrogens is 266 g/mol. The number of esters is 2. The monoisotopic (exact) mass is 281 g/mol. The second-order valence-electron chi connectivity index (χ2n) is 5.00. The van der Waals surface area contributed by atoms with Gasteiger partial charge in [-0.2, -0.15) is 0 Å². The zero-order valence-corrected chi connectivity index (χ0v) is 11.4. The first-order chi connectivity index (χ1) is 9.19. The first-order valence-corrected chi connectivity index (χ1v) is 5.82. The van der Waals surface area contributed by atoms with Gasteiger partial charge in [0.15, 0.2) is 0 Å². The predicted octanol–water partition coefficient (Wildman–Crippen LogP) is 1.98. The van der Waals surface area contributed by atoms with Crippen molar-refractivity contribution < 1.29 is 24.0 Å². The van der Waals surface area contributed by atoms with Crippen LogP contribution in [-0.2, 0) is 25.7 Å². The van der Waals surface area contributed by atoms with Crippen LogP contribution in [0.5, 0.6) is 0 Å². The van der Waals surface area contributed by atoms with E-state index >= 15 is 0 Å². The molecule has 0 atom stereocenters. The molecule has 0 bridgehead atoms. The van der Waals surface area contributed by atoms with Gasteiger partial charge < -0.3 is 9.47 Å². The summed E-state index contributed by atoms with van der Waals surface area (Å²) in [4.78, 5) is 32.6. The summed E-state index contributed by atoms with van der Waals surface area (Å²) in [6.45, 7) is 4.74. The zero-order chi connectivity index (χ0) is 15.3. The SMILES string of the molecule is CC(C)(C)OC(=O)C(=O)OCc1ccc([N+](=O)[O-])cc1. The lowest BCUT2D eigenvalue weighted by molar-refractivity contribution is -0.384. The minimum Gasteiger partial charge on any atom is -0.452 e. The molecule has 0 amide bonds. The third-order valence-corrected chi connectivity index (χ3v) is 2.08. The average molecular weight is 281 g/mol. The van der Waals surface area contributed by atoms with Crippen molar-refractivity contribution in [3.8, 4) is 0 Å². The molecule has 0 unspecified atom stereocenters. The lowest BCUT2D eigenvalue weighted by Gasteiger charge is -2.18. The van der Waals surface area contributed by atoms with Gasteiger partial charge in [-0.15, -0.1) is 0 Å². The predicted molar refractivity (Wildman–Crippen MR) is 68.7 cm³/mol. The summed E-state index contributed by atoms with van der Waals surface area (Å²) in [7, 11) is 0. The van der Waals surface area contributed by atoms with Gasteiger partial charge >= 0.3 is 11.9 Å². The van der Waals surface area contributed by atoms with Crippen LogP contribution in [0.15, 0.2) is 24.3 Å². The van der Waals surface area contributed by atoms with E-state index < -0.39 is 22.5 Å². The first-order valence-electron chi connectivity index (χ1n) is 5.82. The quantitative estimate of drug-likeness (QED) is 0.364. The number of carbonyl (C=O) groups is 2. The summed E-state index contributed by atoms with van der Waals surface area (Å²) in [6, 6.07) is 5.47. The lowest BCUT2D eigenvalue weighted by Crippen LogP contribution is -2.30. The van der Waals surface area contributed by atoms with E-state index in [-0.39, 0.29) is 12.3 Å². The maximum absolute atomic E-state index is 11.4. The number of nitrogens with zero attached hydrogens (tertiary/aromatic N) is 1. The molecule has 0 fully saturated rings. The largest absolute Gasteiger partial charge is 0.452 e. The van der Waals surface area contributed by atoms with E-state index in [0.717, 1.165) is 0 Å². The second kappa shape index (κ2) is 6.14. The van der Waals surface area contributed by atoms with Crippen LogP contribution in [0.25, 0.3) is 0 Å². The molecule has 0 radical (unpaired) electrons. The number of benzene rings is 1. The molecule has 0 aliphatic rings. The topological polar surface area (TPSA) is 95.7 Å². The van der Waals surface area contributed by atoms with E-state index in [1.54, 1.807) is 20.8 Å². The highest BCUT2D eigenvalue weighted by Crippen LogP contribution is 2.13. The van der Waals surface area contributed by atoms with Crippen molar-refractivity contribution in [2.45, 2.75) is 33.0 Å². The Morgan fingerprint density at radius 3 is 2.15 bits per heavy atom. The van der Waals surface area contributed by atoms with Gasteiger partial charge in [0.25, 0.3) is 5.69 Å². The molecule has 108 valence electrons. The van der Waals surface area contributed by atoms with Crippen LogP contribution >= 0.6 is 0 Å². The number of rotatable bonds is 3. The minimum atomic E-state index is -1.10. The van der Waals surface area contributed by atoms with Gasteiger partial charge in [0.2, 0.25) is 0 Å². The Labute approximate surface area is 115 Å². The van der Waals surface area contributed by atoms with Crippen molar-refractivity contribution in [1.82, 2.24) is 0 Å². The Hall–Kier alpha value is -2.44. The first kappa shape index (κ1) is 15.6. The molecule has 0 aliphatic heterocycles. The number of hydrogen-bond donors (Lipinski definition) is 0. The average Bonchev–Trinajstić information content (AvgIpc) is 2.34. The van der Waals surface area contributed by atoms with Crippen LogP contribution in [0, 0.1) is 10.1 Å². The molecule has 0 saturated heterocycles. The second-order valence-corrected chi connectivity index (χ2v) is 5.00. The van der Waals surface area contributed by atoms with Crippen LogP contribution in [0.2, 0.25) is 0 Å². The molecule has 0 saturated carbocycles. The number of nitro benzene ring substituents is 1. The van der Waals surface area contributed by atoms with E-state index in [1.165, 1.54) is 24.3 Å². The molecule has 1 rings (SSSR count). The fraction of sp³-hybridized carbons (Fsp3) is 0.385. The van der Waals surface area contributed by atoms with Gasteiger partial charge in [-0.1, -0.05) is 0 Å². The lowest BCUT2D eigenvalue weighted by atomic mass is 10.2. The Kier molecular flexibility index (Phi) is 4.79. The molecule has 1 aromatic rings. The molecule has 7 heteroatoms. The third kappa shape index (κ3) is 5.05. The Morgan fingerprint density at radius 1 is 1.15 bits per heavy atom. The maximum atomic E-state index is 11.4. The maximum Gasteiger partial charge on any atom is 0.418 e. The summed E-state index contributed by atoms with van der Waals surface area (Å²) in [5.41, 5.74) is -0.302. The van der Waals surface area contributed by atoms with Gasteiger partial charge in [0, 0.05) is 12.1 Å². The highest BCUT2D eigenvalue weighted by atomic mass is 16.6. The normalized spacial score (nSPS) is 10.8. The molecule has 20 heavy (non-hydrogen) atoms. The van der Waals surface area contributed by atoms with Crippen LogP contribution in [-0.4, -0.2) is 22.5 Å². The number of non-ortho nitro benzene ring substituents is 1. The fourth-order valence-corrected chi connectivity index (χ4v) is 1.24. The van der Waals surface area contributed by atoms with E-state index in [4.69, 9.17) is 9.47 Å². The van der Waals surface area contributed by atoms with Crippen LogP contribution < -0.4 is 0 Å². The summed E-state index contributed by atoms with van der Waals surface area (Å²) in [6.07, 6.45) is 0. The summed E-state index contributed by atoms with van der Waals surface area (Å²) in [5, 5.41) is 10.5. The van der Waals surface area contributed by atoms with Crippen molar-refractivity contribution >= 4 is 17.6 Å². The molecule has 0 aliphatic carbocycles. The number of nitro groups is 1. The Balaban J connectivity index is 2.52. The van der Waals surface area contributed by atoms with E-state index in [1.807, 2.05) is 0 Å². The van der Waals surface area contributed by atoms with Gasteiger partial charge in [0.1, 0.15) is 12.2 Å². The summed E-state index contributed by atoms with van der Waals surface area (Å²) < 4.78 is 9.59. The van der Waals surface area contributed by atoms with Gasteiger partial charge in [-0.05, 0) is 38.5 Å². The standard InChI is InChI=1S/C13H15NO6/c1-13(2,3)20-12(16)11(15)19-8-9-4-6-10(7-5-9)14(17)18/h4-7H,8H2,1-3H3. The van der Waals surface area contributed by atoms with Crippen molar-refractivity contribution in [2.75, 3.05) is 0 Å². The van der Waals surface area contributed by atoms with Gasteiger partial charge in [0.05, 0.1) is 4.92 Å². The molecule has 0 aromatic heterocycles. The van der Waals surface area contributed by atoms with Gasteiger partial charge in [-0.25, -0.2) is 9.59 Å². The Bertz CT molecular complexity index is 515. The Morgan fingerprint density at radius 2 is 1.70 bits per heavy atom. The number of hydrogen-bond acceptors (Lipinski definition) is 6. The molecule has 0 N–H and O–H groups in total. The highest BCUT2D eigenvalue weighted by Gasteiger charge is 2.24. The molecular formula is C13H15NO6. The number of ether oxygens (including phenoxy) is 2. The van der Waals surface area contributed by atoms with E-state index in [0.29, 0.717) is 5.56 Å². The minimum absolute atomic E-state index is 0.0628. The zero-order valence-electron chi connectivity index (χ0n) is 11.4. The van der Waals surface area contributed by atoms with Crippen LogP contribution in [0.3, 0.4) is 0 Å².